The molecule has 108 valence electrons. The lowest BCUT2D eigenvalue weighted by atomic mass is 10.1. The second kappa shape index (κ2) is 5.85. The van der Waals surface area contributed by atoms with Gasteiger partial charge >= 0.3 is 0 Å². The van der Waals surface area contributed by atoms with Crippen LogP contribution >= 0.6 is 0 Å². The fourth-order valence-corrected chi connectivity index (χ4v) is 3.07. The number of hydrogen-bond acceptors (Lipinski definition) is 3. The Hall–Kier alpha value is -1.52. The molecule has 0 saturated carbocycles. The molecule has 1 aromatic carbocycles. The molecule has 20 heavy (non-hydrogen) atoms. The maximum absolute atomic E-state index is 5.45. The van der Waals surface area contributed by atoms with Gasteiger partial charge in [-0.2, -0.15) is 0 Å². The van der Waals surface area contributed by atoms with Crippen LogP contribution in [0.4, 0.5) is 0 Å². The molecule has 1 aliphatic heterocycles. The summed E-state index contributed by atoms with van der Waals surface area (Å²) in [5.74, 6) is 0.925. The van der Waals surface area contributed by atoms with Crippen LogP contribution in [-0.2, 0) is 6.54 Å². The van der Waals surface area contributed by atoms with Gasteiger partial charge in [0.05, 0.1) is 12.6 Å². The van der Waals surface area contributed by atoms with Crippen LogP contribution in [0.1, 0.15) is 17.5 Å². The molecule has 3 rings (SSSR count). The van der Waals surface area contributed by atoms with Crippen LogP contribution in [0.15, 0.2) is 18.3 Å². The summed E-state index contributed by atoms with van der Waals surface area (Å²) >= 11 is 0. The zero-order chi connectivity index (χ0) is 13.9. The van der Waals surface area contributed by atoms with Crippen LogP contribution in [0, 0.1) is 6.92 Å². The highest BCUT2D eigenvalue weighted by molar-refractivity contribution is 5.91. The molecular formula is C16H23N3O. The minimum absolute atomic E-state index is 0.925. The van der Waals surface area contributed by atoms with Crippen LogP contribution in [0.25, 0.3) is 10.9 Å². The van der Waals surface area contributed by atoms with Crippen molar-refractivity contribution in [2.75, 3.05) is 33.3 Å². The first kappa shape index (κ1) is 13.5. The number of aryl methyl sites for hydroxylation is 1. The fourth-order valence-electron chi connectivity index (χ4n) is 3.07. The van der Waals surface area contributed by atoms with E-state index >= 15 is 0 Å². The SMILES string of the molecule is COc1ccc(C)c2c(CN3CCCNCC3)c[nH]c12. The molecule has 2 N–H and O–H groups in total. The summed E-state index contributed by atoms with van der Waals surface area (Å²) in [7, 11) is 1.73. The number of H-pyrrole nitrogens is 1. The molecule has 1 saturated heterocycles. The van der Waals surface area contributed by atoms with Crippen molar-refractivity contribution >= 4 is 10.9 Å². The predicted octanol–water partition coefficient (Wildman–Crippen LogP) is 2.28. The van der Waals surface area contributed by atoms with E-state index in [9.17, 15) is 0 Å². The molecule has 1 aliphatic rings. The van der Waals surface area contributed by atoms with Gasteiger partial charge in [-0.1, -0.05) is 6.07 Å². The Kier molecular flexibility index (Phi) is 3.94. The quantitative estimate of drug-likeness (QED) is 0.901. The lowest BCUT2D eigenvalue weighted by molar-refractivity contribution is 0.285. The van der Waals surface area contributed by atoms with Crippen molar-refractivity contribution in [2.45, 2.75) is 19.9 Å². The summed E-state index contributed by atoms with van der Waals surface area (Å²) < 4.78 is 5.45. The van der Waals surface area contributed by atoms with E-state index in [0.29, 0.717) is 0 Å². The van der Waals surface area contributed by atoms with Crippen molar-refractivity contribution in [3.63, 3.8) is 0 Å². The third-order valence-electron chi connectivity index (χ3n) is 4.13. The Morgan fingerprint density at radius 2 is 2.15 bits per heavy atom. The third kappa shape index (κ3) is 2.53. The number of hydrogen-bond donors (Lipinski definition) is 2. The van der Waals surface area contributed by atoms with Gasteiger partial charge < -0.3 is 15.0 Å². The number of fused-ring (bicyclic) bond motifs is 1. The van der Waals surface area contributed by atoms with E-state index in [2.05, 4.69) is 34.4 Å². The first-order valence-corrected chi connectivity index (χ1v) is 7.36. The average Bonchev–Trinajstić information content (AvgIpc) is 2.70. The molecule has 0 unspecified atom stereocenters. The van der Waals surface area contributed by atoms with Gasteiger partial charge in [0.25, 0.3) is 0 Å². The molecule has 4 nitrogen and oxygen atoms in total. The van der Waals surface area contributed by atoms with Crippen molar-refractivity contribution < 1.29 is 4.74 Å². The average molecular weight is 273 g/mol. The van der Waals surface area contributed by atoms with E-state index in [1.807, 2.05) is 6.07 Å². The Balaban J connectivity index is 1.91. The highest BCUT2D eigenvalue weighted by Crippen LogP contribution is 2.30. The second-order valence-electron chi connectivity index (χ2n) is 5.53. The van der Waals surface area contributed by atoms with E-state index in [1.165, 1.54) is 29.5 Å². The topological polar surface area (TPSA) is 40.3 Å². The maximum atomic E-state index is 5.45. The van der Waals surface area contributed by atoms with Crippen LogP contribution in [-0.4, -0.2) is 43.2 Å². The van der Waals surface area contributed by atoms with Crippen LogP contribution in [0.2, 0.25) is 0 Å². The maximum Gasteiger partial charge on any atom is 0.142 e. The first-order chi connectivity index (χ1) is 9.79. The molecule has 0 spiro atoms. The second-order valence-corrected chi connectivity index (χ2v) is 5.53. The molecule has 0 radical (unpaired) electrons. The third-order valence-corrected chi connectivity index (χ3v) is 4.13. The van der Waals surface area contributed by atoms with Gasteiger partial charge in [-0.3, -0.25) is 4.90 Å². The number of ether oxygens (including phenoxy) is 1. The smallest absolute Gasteiger partial charge is 0.142 e. The minimum atomic E-state index is 0.925. The van der Waals surface area contributed by atoms with Crippen LogP contribution in [0.3, 0.4) is 0 Å². The van der Waals surface area contributed by atoms with Gasteiger partial charge in [0, 0.05) is 31.2 Å². The van der Waals surface area contributed by atoms with E-state index in [4.69, 9.17) is 4.74 Å². The predicted molar refractivity (Wildman–Crippen MR) is 82.4 cm³/mol. The van der Waals surface area contributed by atoms with Crippen molar-refractivity contribution in [1.82, 2.24) is 15.2 Å². The van der Waals surface area contributed by atoms with Crippen molar-refractivity contribution in [3.8, 4) is 5.75 Å². The van der Waals surface area contributed by atoms with E-state index in [0.717, 1.165) is 37.4 Å². The molecule has 1 aromatic heterocycles. The van der Waals surface area contributed by atoms with E-state index in [-0.39, 0.29) is 0 Å². The lowest BCUT2D eigenvalue weighted by Crippen LogP contribution is -2.27. The molecule has 1 fully saturated rings. The van der Waals surface area contributed by atoms with E-state index < -0.39 is 0 Å². The highest BCUT2D eigenvalue weighted by atomic mass is 16.5. The lowest BCUT2D eigenvalue weighted by Gasteiger charge is -2.19. The van der Waals surface area contributed by atoms with Gasteiger partial charge in [-0.25, -0.2) is 0 Å². The fraction of sp³-hybridized carbons (Fsp3) is 0.500. The normalized spacial score (nSPS) is 17.3. The first-order valence-electron chi connectivity index (χ1n) is 7.36. The molecule has 0 bridgehead atoms. The Morgan fingerprint density at radius 3 is 3.00 bits per heavy atom. The summed E-state index contributed by atoms with van der Waals surface area (Å²) in [4.78, 5) is 5.92. The summed E-state index contributed by atoms with van der Waals surface area (Å²) in [5, 5.41) is 4.78. The number of aromatic nitrogens is 1. The number of nitrogens with one attached hydrogen (secondary N) is 2. The zero-order valence-electron chi connectivity index (χ0n) is 12.3. The molecule has 2 heterocycles. The molecule has 2 aromatic rings. The number of methoxy groups -OCH3 is 1. The number of benzene rings is 1. The number of aromatic amines is 1. The highest BCUT2D eigenvalue weighted by Gasteiger charge is 2.14. The molecule has 0 atom stereocenters. The van der Waals surface area contributed by atoms with Crippen molar-refractivity contribution in [1.29, 1.82) is 0 Å². The molecule has 0 amide bonds. The zero-order valence-corrected chi connectivity index (χ0v) is 12.3. The summed E-state index contributed by atoms with van der Waals surface area (Å²) in [6.45, 7) is 7.69. The summed E-state index contributed by atoms with van der Waals surface area (Å²) in [6, 6.07) is 4.18. The van der Waals surface area contributed by atoms with Gasteiger partial charge in [0.2, 0.25) is 0 Å². The van der Waals surface area contributed by atoms with Gasteiger partial charge in [0.15, 0.2) is 0 Å². The number of rotatable bonds is 3. The van der Waals surface area contributed by atoms with Gasteiger partial charge in [0.1, 0.15) is 5.75 Å². The van der Waals surface area contributed by atoms with Crippen molar-refractivity contribution in [3.05, 3.63) is 29.5 Å². The minimum Gasteiger partial charge on any atom is -0.495 e. The largest absolute Gasteiger partial charge is 0.495 e. The standard InChI is InChI=1S/C16H23N3O/c1-12-4-5-14(20-2)16-15(12)13(10-18-16)11-19-8-3-6-17-7-9-19/h4-5,10,17-18H,3,6-9,11H2,1-2H3. The summed E-state index contributed by atoms with van der Waals surface area (Å²) in [5.41, 5.74) is 3.80. The number of nitrogens with zero attached hydrogens (tertiary/aromatic N) is 1. The van der Waals surface area contributed by atoms with Crippen LogP contribution in [0.5, 0.6) is 5.75 Å². The summed E-state index contributed by atoms with van der Waals surface area (Å²) in [6.07, 6.45) is 3.36. The molecule has 0 aliphatic carbocycles. The van der Waals surface area contributed by atoms with E-state index in [1.54, 1.807) is 7.11 Å². The Bertz CT molecular complexity index is 583. The Labute approximate surface area is 120 Å². The van der Waals surface area contributed by atoms with Gasteiger partial charge in [-0.05, 0) is 43.6 Å². The van der Waals surface area contributed by atoms with Gasteiger partial charge in [-0.15, -0.1) is 0 Å². The Morgan fingerprint density at radius 1 is 1.25 bits per heavy atom. The van der Waals surface area contributed by atoms with Crippen LogP contribution < -0.4 is 10.1 Å². The molecular weight excluding hydrogens is 250 g/mol. The van der Waals surface area contributed by atoms with Crippen molar-refractivity contribution in [2.24, 2.45) is 0 Å². The monoisotopic (exact) mass is 273 g/mol. The molecule has 4 heteroatoms.